The highest BCUT2D eigenvalue weighted by atomic mass is 16.3. The smallest absolute Gasteiger partial charge is 0.228 e. The van der Waals surface area contributed by atoms with Crippen LogP contribution in [0.5, 0.6) is 0 Å². The van der Waals surface area contributed by atoms with Gasteiger partial charge in [-0.3, -0.25) is 0 Å². The van der Waals surface area contributed by atoms with Crippen LogP contribution in [0.1, 0.15) is 58.2 Å². The number of aromatic nitrogens is 2. The van der Waals surface area contributed by atoms with Crippen LogP contribution >= 0.6 is 0 Å². The Bertz CT molecular complexity index is 860. The zero-order valence-corrected chi connectivity index (χ0v) is 15.7. The summed E-state index contributed by atoms with van der Waals surface area (Å²) in [4.78, 5) is 8.96. The summed E-state index contributed by atoms with van der Waals surface area (Å²) in [6.45, 7) is 15.4. The standard InChI is InChI=1S/C21H26N2O/c1-13-8-17-18(22-12-13)23-19(24-17)14-9-15(20(2,3)4)11-16(10-14)21(5,6)7/h8-12H,1-7H3. The van der Waals surface area contributed by atoms with Crippen LogP contribution in [-0.2, 0) is 10.8 Å². The fraction of sp³-hybridized carbons (Fsp3) is 0.429. The fourth-order valence-corrected chi connectivity index (χ4v) is 2.66. The van der Waals surface area contributed by atoms with Gasteiger partial charge in [0.2, 0.25) is 5.89 Å². The van der Waals surface area contributed by atoms with Crippen LogP contribution in [0.25, 0.3) is 22.7 Å². The van der Waals surface area contributed by atoms with Crippen LogP contribution in [0.15, 0.2) is 34.9 Å². The summed E-state index contributed by atoms with van der Waals surface area (Å²) in [5.74, 6) is 0.639. The molecular formula is C21H26N2O. The van der Waals surface area contributed by atoms with Crippen molar-refractivity contribution in [2.45, 2.75) is 59.3 Å². The second kappa shape index (κ2) is 5.44. The summed E-state index contributed by atoms with van der Waals surface area (Å²) in [6.07, 6.45) is 1.82. The van der Waals surface area contributed by atoms with Crippen molar-refractivity contribution in [2.24, 2.45) is 0 Å². The van der Waals surface area contributed by atoms with Gasteiger partial charge in [0, 0.05) is 11.8 Å². The van der Waals surface area contributed by atoms with E-state index in [1.54, 1.807) is 0 Å². The zero-order chi connectivity index (χ0) is 17.7. The Balaban J connectivity index is 2.21. The van der Waals surface area contributed by atoms with E-state index in [1.807, 2.05) is 19.2 Å². The molecule has 0 unspecified atom stereocenters. The van der Waals surface area contributed by atoms with E-state index in [-0.39, 0.29) is 10.8 Å². The Kier molecular flexibility index (Phi) is 3.78. The molecule has 3 nitrogen and oxygen atoms in total. The number of rotatable bonds is 1. The maximum absolute atomic E-state index is 6.00. The van der Waals surface area contributed by atoms with E-state index in [0.29, 0.717) is 11.5 Å². The van der Waals surface area contributed by atoms with Gasteiger partial charge in [-0.05, 0) is 52.6 Å². The highest BCUT2D eigenvalue weighted by Gasteiger charge is 2.22. The first-order valence-corrected chi connectivity index (χ1v) is 8.44. The molecule has 0 fully saturated rings. The summed E-state index contributed by atoms with van der Waals surface area (Å²) < 4.78 is 6.00. The number of oxazole rings is 1. The van der Waals surface area contributed by atoms with Gasteiger partial charge in [-0.15, -0.1) is 0 Å². The van der Waals surface area contributed by atoms with E-state index in [1.165, 1.54) is 11.1 Å². The van der Waals surface area contributed by atoms with Crippen LogP contribution in [0.3, 0.4) is 0 Å². The van der Waals surface area contributed by atoms with Crippen molar-refractivity contribution in [1.82, 2.24) is 9.97 Å². The molecule has 0 aliphatic carbocycles. The third-order valence-electron chi connectivity index (χ3n) is 4.30. The monoisotopic (exact) mass is 322 g/mol. The lowest BCUT2D eigenvalue weighted by molar-refractivity contribution is 0.567. The Morgan fingerprint density at radius 1 is 0.833 bits per heavy atom. The van der Waals surface area contributed by atoms with E-state index in [9.17, 15) is 0 Å². The van der Waals surface area contributed by atoms with E-state index in [4.69, 9.17) is 4.42 Å². The second-order valence-corrected chi connectivity index (χ2v) is 8.65. The average Bonchev–Trinajstić information content (AvgIpc) is 2.88. The molecule has 0 spiro atoms. The van der Waals surface area contributed by atoms with E-state index in [2.05, 4.69) is 69.7 Å². The number of nitrogens with zero attached hydrogens (tertiary/aromatic N) is 2. The van der Waals surface area contributed by atoms with Crippen LogP contribution < -0.4 is 0 Å². The number of benzene rings is 1. The molecule has 1 aromatic carbocycles. The van der Waals surface area contributed by atoms with Gasteiger partial charge in [-0.1, -0.05) is 47.6 Å². The van der Waals surface area contributed by atoms with Gasteiger partial charge in [-0.2, -0.15) is 4.98 Å². The van der Waals surface area contributed by atoms with Crippen molar-refractivity contribution >= 4 is 11.2 Å². The maximum Gasteiger partial charge on any atom is 0.228 e. The van der Waals surface area contributed by atoms with E-state index in [0.717, 1.165) is 16.7 Å². The summed E-state index contributed by atoms with van der Waals surface area (Å²) in [6, 6.07) is 8.66. The summed E-state index contributed by atoms with van der Waals surface area (Å²) >= 11 is 0. The first-order chi connectivity index (χ1) is 11.0. The minimum atomic E-state index is 0.0663. The Hall–Kier alpha value is -2.16. The zero-order valence-electron chi connectivity index (χ0n) is 15.7. The summed E-state index contributed by atoms with van der Waals surface area (Å²) in [5.41, 5.74) is 6.20. The quantitative estimate of drug-likeness (QED) is 0.569. The third-order valence-corrected chi connectivity index (χ3v) is 4.30. The van der Waals surface area contributed by atoms with Gasteiger partial charge in [0.05, 0.1) is 0 Å². The number of aryl methyl sites for hydroxylation is 1. The van der Waals surface area contributed by atoms with Crippen LogP contribution in [0.2, 0.25) is 0 Å². The first-order valence-electron chi connectivity index (χ1n) is 8.44. The molecule has 0 aliphatic heterocycles. The molecule has 0 saturated carbocycles. The Morgan fingerprint density at radius 3 is 1.96 bits per heavy atom. The molecule has 126 valence electrons. The number of hydrogen-bond donors (Lipinski definition) is 0. The van der Waals surface area contributed by atoms with Crippen molar-refractivity contribution in [1.29, 1.82) is 0 Å². The molecule has 0 saturated heterocycles. The summed E-state index contributed by atoms with van der Waals surface area (Å²) in [7, 11) is 0. The van der Waals surface area contributed by atoms with Gasteiger partial charge < -0.3 is 4.42 Å². The van der Waals surface area contributed by atoms with Crippen molar-refractivity contribution < 1.29 is 4.42 Å². The highest BCUT2D eigenvalue weighted by molar-refractivity contribution is 5.73. The molecule has 24 heavy (non-hydrogen) atoms. The molecule has 0 N–H and O–H groups in total. The van der Waals surface area contributed by atoms with Crippen LogP contribution in [-0.4, -0.2) is 9.97 Å². The Labute approximate surface area is 144 Å². The maximum atomic E-state index is 6.00. The minimum Gasteiger partial charge on any atom is -0.434 e. The summed E-state index contributed by atoms with van der Waals surface area (Å²) in [5, 5.41) is 0. The minimum absolute atomic E-state index is 0.0663. The van der Waals surface area contributed by atoms with E-state index < -0.39 is 0 Å². The molecular weight excluding hydrogens is 296 g/mol. The fourth-order valence-electron chi connectivity index (χ4n) is 2.66. The van der Waals surface area contributed by atoms with Crippen molar-refractivity contribution in [2.75, 3.05) is 0 Å². The number of hydrogen-bond acceptors (Lipinski definition) is 3. The topological polar surface area (TPSA) is 38.9 Å². The molecule has 2 aromatic heterocycles. The lowest BCUT2D eigenvalue weighted by Crippen LogP contribution is -2.16. The third kappa shape index (κ3) is 3.21. The number of pyridine rings is 1. The molecule has 0 amide bonds. The second-order valence-electron chi connectivity index (χ2n) is 8.65. The van der Waals surface area contributed by atoms with Gasteiger partial charge in [0.15, 0.2) is 11.2 Å². The van der Waals surface area contributed by atoms with Crippen LogP contribution in [0.4, 0.5) is 0 Å². The lowest BCUT2D eigenvalue weighted by atomic mass is 9.79. The van der Waals surface area contributed by atoms with Gasteiger partial charge in [-0.25, -0.2) is 4.98 Å². The predicted molar refractivity (Wildman–Crippen MR) is 99.4 cm³/mol. The molecule has 0 bridgehead atoms. The van der Waals surface area contributed by atoms with Crippen LogP contribution in [0, 0.1) is 6.92 Å². The van der Waals surface area contributed by atoms with Gasteiger partial charge in [0.1, 0.15) is 0 Å². The lowest BCUT2D eigenvalue weighted by Gasteiger charge is -2.25. The van der Waals surface area contributed by atoms with Gasteiger partial charge in [0.25, 0.3) is 0 Å². The molecule has 3 heteroatoms. The van der Waals surface area contributed by atoms with E-state index >= 15 is 0 Å². The molecule has 2 heterocycles. The first kappa shape index (κ1) is 16.7. The number of fused-ring (bicyclic) bond motifs is 1. The molecule has 3 aromatic rings. The normalized spacial score (nSPS) is 12.8. The predicted octanol–water partition coefficient (Wildman–Crippen LogP) is 5.79. The van der Waals surface area contributed by atoms with Crippen molar-refractivity contribution in [3.05, 3.63) is 47.2 Å². The largest absolute Gasteiger partial charge is 0.434 e. The Morgan fingerprint density at radius 2 is 1.42 bits per heavy atom. The van der Waals surface area contributed by atoms with Gasteiger partial charge >= 0.3 is 0 Å². The van der Waals surface area contributed by atoms with Crippen molar-refractivity contribution in [3.63, 3.8) is 0 Å². The highest BCUT2D eigenvalue weighted by Crippen LogP contribution is 2.34. The SMILES string of the molecule is Cc1cnc2nc(-c3cc(C(C)(C)C)cc(C(C)(C)C)c3)oc2c1. The molecule has 0 aliphatic rings. The van der Waals surface area contributed by atoms with Crippen molar-refractivity contribution in [3.8, 4) is 11.5 Å². The molecule has 3 rings (SSSR count). The average molecular weight is 322 g/mol. The molecule has 0 radical (unpaired) electrons. The molecule has 0 atom stereocenters.